The molecule has 8 nitrogen and oxygen atoms in total. The number of nitrogens with zero attached hydrogens (tertiary/aromatic N) is 4. The molecule has 2 aromatic carbocycles. The van der Waals surface area contributed by atoms with Crippen LogP contribution in [0.1, 0.15) is 5.69 Å². The van der Waals surface area contributed by atoms with Gasteiger partial charge in [0.15, 0.2) is 5.82 Å². The summed E-state index contributed by atoms with van der Waals surface area (Å²) < 4.78 is 13.9. The largest absolute Gasteiger partial charge is 0.364 e. The summed E-state index contributed by atoms with van der Waals surface area (Å²) in [6, 6.07) is 23.7. The van der Waals surface area contributed by atoms with Crippen LogP contribution in [-0.2, 0) is 11.1 Å². The minimum absolute atomic E-state index is 0.476. The van der Waals surface area contributed by atoms with Crippen LogP contribution in [0.4, 0.5) is 5.82 Å². The molecule has 0 saturated carbocycles. The van der Waals surface area contributed by atoms with E-state index in [1.807, 2.05) is 48.5 Å². The van der Waals surface area contributed by atoms with Crippen molar-refractivity contribution in [3.8, 4) is 22.5 Å². The number of benzene rings is 2. The van der Waals surface area contributed by atoms with Crippen LogP contribution in [0.3, 0.4) is 0 Å². The highest BCUT2D eigenvalue weighted by atomic mass is 32.7. The van der Waals surface area contributed by atoms with E-state index in [4.69, 9.17) is 9.97 Å². The molecular formula is C25H21N6O2PS2. The summed E-state index contributed by atoms with van der Waals surface area (Å²) in [5, 5.41) is 4.35. The molecule has 0 fully saturated rings. The summed E-state index contributed by atoms with van der Waals surface area (Å²) in [6.45, 7) is -3.21. The molecule has 5 aromatic rings. The maximum atomic E-state index is 11.5. The second kappa shape index (κ2) is 10.8. The maximum absolute atomic E-state index is 11.5. The Morgan fingerprint density at radius 2 is 1.78 bits per heavy atom. The Morgan fingerprint density at radius 3 is 2.56 bits per heavy atom. The lowest BCUT2D eigenvalue weighted by Crippen LogP contribution is -2.06. The third-order valence-corrected chi connectivity index (χ3v) is 7.74. The average Bonchev–Trinajstić information content (AvgIpc) is 2.91. The molecule has 5 rings (SSSR count). The lowest BCUT2D eigenvalue weighted by molar-refractivity contribution is 0.495. The van der Waals surface area contributed by atoms with Gasteiger partial charge in [0.2, 0.25) is 0 Å². The summed E-state index contributed by atoms with van der Waals surface area (Å²) in [5.41, 5.74) is 4.40. The van der Waals surface area contributed by atoms with Gasteiger partial charge in [-0.25, -0.2) is 9.97 Å². The van der Waals surface area contributed by atoms with Gasteiger partial charge < -0.3 is 10.2 Å². The van der Waals surface area contributed by atoms with Crippen molar-refractivity contribution in [2.75, 3.05) is 5.32 Å². The Hall–Kier alpha value is -3.27. The number of aromatic nitrogens is 4. The first-order chi connectivity index (χ1) is 17.5. The Balaban J connectivity index is 1.60. The molecule has 0 saturated heterocycles. The topological polar surface area (TPSA) is 113 Å². The average molecular weight is 533 g/mol. The summed E-state index contributed by atoms with van der Waals surface area (Å²) in [5.74, 6) is 1.15. The van der Waals surface area contributed by atoms with E-state index >= 15 is 0 Å². The summed E-state index contributed by atoms with van der Waals surface area (Å²) in [4.78, 5) is 28.4. The number of rotatable bonds is 8. The van der Waals surface area contributed by atoms with Gasteiger partial charge in [-0.1, -0.05) is 60.8 Å². The first-order valence-corrected chi connectivity index (χ1v) is 14.5. The molecule has 0 amide bonds. The van der Waals surface area contributed by atoms with Crippen LogP contribution >= 0.6 is 30.9 Å². The van der Waals surface area contributed by atoms with E-state index < -0.39 is 6.72 Å². The van der Waals surface area contributed by atoms with Crippen LogP contribution in [0.15, 0.2) is 96.3 Å². The molecule has 1 unspecified atom stereocenters. The highest BCUT2D eigenvalue weighted by molar-refractivity contribution is 8.47. The van der Waals surface area contributed by atoms with Crippen LogP contribution in [0, 0.1) is 0 Å². The molecule has 3 N–H and O–H groups in total. The molecule has 180 valence electrons. The summed E-state index contributed by atoms with van der Waals surface area (Å²) in [6.07, 6.45) is 5.00. The fraction of sp³-hybridized carbons (Fsp3) is 0.0400. The molecule has 11 heteroatoms. The fourth-order valence-corrected chi connectivity index (χ4v) is 5.25. The summed E-state index contributed by atoms with van der Waals surface area (Å²) >= 11 is 4.62. The van der Waals surface area contributed by atoms with Crippen molar-refractivity contribution in [1.29, 1.82) is 0 Å². The Labute approximate surface area is 217 Å². The predicted octanol–water partition coefficient (Wildman–Crippen LogP) is 5.99. The van der Waals surface area contributed by atoms with Crippen molar-refractivity contribution in [2.24, 2.45) is 0 Å². The Morgan fingerprint density at radius 1 is 0.944 bits per heavy atom. The number of nitrogens with one attached hydrogen (secondary N) is 2. The van der Waals surface area contributed by atoms with Gasteiger partial charge in [0.1, 0.15) is 5.82 Å². The molecular weight excluding hydrogens is 511 g/mol. The first kappa shape index (κ1) is 24.4. The minimum Gasteiger partial charge on any atom is -0.364 e. The lowest BCUT2D eigenvalue weighted by atomic mass is 10.0. The maximum Gasteiger partial charge on any atom is 0.330 e. The normalized spacial score (nSPS) is 12.8. The summed E-state index contributed by atoms with van der Waals surface area (Å²) in [7, 11) is 0. The molecule has 3 heterocycles. The van der Waals surface area contributed by atoms with E-state index in [-0.39, 0.29) is 0 Å². The van der Waals surface area contributed by atoms with Crippen LogP contribution in [0.5, 0.6) is 0 Å². The van der Waals surface area contributed by atoms with Gasteiger partial charge in [0.25, 0.3) is 0 Å². The molecule has 0 bridgehead atoms. The van der Waals surface area contributed by atoms with E-state index in [2.05, 4.69) is 50.2 Å². The van der Waals surface area contributed by atoms with Crippen LogP contribution in [0.25, 0.3) is 33.4 Å². The van der Waals surface area contributed by atoms with Crippen molar-refractivity contribution in [2.45, 2.75) is 11.4 Å². The van der Waals surface area contributed by atoms with Crippen molar-refractivity contribution < 1.29 is 9.46 Å². The minimum atomic E-state index is -3.70. The zero-order valence-electron chi connectivity index (χ0n) is 18.8. The first-order valence-electron chi connectivity index (χ1n) is 10.9. The SMILES string of the molecule is O=P(O)(S)NSc1cncc(-c2nc(NCc3ccccn3)c3c(-c4ccccc4)cccc3n2)c1. The molecule has 0 aliphatic rings. The monoisotopic (exact) mass is 532 g/mol. The van der Waals surface area contributed by atoms with Crippen LogP contribution in [0.2, 0.25) is 0 Å². The number of pyridine rings is 2. The highest BCUT2D eigenvalue weighted by Gasteiger charge is 2.16. The van der Waals surface area contributed by atoms with Crippen molar-refractivity contribution in [3.05, 3.63) is 97.1 Å². The smallest absolute Gasteiger partial charge is 0.330 e. The van der Waals surface area contributed by atoms with Gasteiger partial charge in [0, 0.05) is 29.0 Å². The Kier molecular flexibility index (Phi) is 7.31. The highest BCUT2D eigenvalue weighted by Crippen LogP contribution is 2.44. The van der Waals surface area contributed by atoms with Gasteiger partial charge in [-0.2, -0.15) is 4.49 Å². The van der Waals surface area contributed by atoms with Crippen molar-refractivity contribution in [1.82, 2.24) is 24.4 Å². The van der Waals surface area contributed by atoms with Gasteiger partial charge >= 0.3 is 6.72 Å². The molecule has 0 aliphatic heterocycles. The number of hydrogen-bond acceptors (Lipinski definition) is 7. The predicted molar refractivity (Wildman–Crippen MR) is 148 cm³/mol. The standard InChI is InChI=1S/C25H21N6O2PS2/c32-34(33,35)31-36-20-13-18(14-26-16-20)24-29-22-11-6-10-21(17-7-2-1-3-8-17)23(22)25(30-24)28-15-19-9-4-5-12-27-19/h1-14,16H,15H2,(H,28,29,30)(H3,31,32,33,35). The van der Waals surface area contributed by atoms with Crippen molar-refractivity contribution >= 4 is 47.6 Å². The number of fused-ring (bicyclic) bond motifs is 1. The molecule has 36 heavy (non-hydrogen) atoms. The van der Waals surface area contributed by atoms with Gasteiger partial charge in [-0.3, -0.25) is 14.5 Å². The van der Waals surface area contributed by atoms with E-state index in [1.165, 1.54) is 0 Å². The van der Waals surface area contributed by atoms with Crippen molar-refractivity contribution in [3.63, 3.8) is 0 Å². The van der Waals surface area contributed by atoms with E-state index in [9.17, 15) is 9.46 Å². The van der Waals surface area contributed by atoms with Gasteiger partial charge in [0.05, 0.1) is 23.1 Å². The molecule has 0 aliphatic carbocycles. The number of thiol groups is 1. The Bertz CT molecular complexity index is 1550. The number of hydrogen-bond donors (Lipinski definition) is 4. The van der Waals surface area contributed by atoms with E-state index in [0.717, 1.165) is 39.7 Å². The third kappa shape index (κ3) is 5.92. The zero-order valence-corrected chi connectivity index (χ0v) is 21.4. The van der Waals surface area contributed by atoms with E-state index in [0.29, 0.717) is 28.6 Å². The lowest BCUT2D eigenvalue weighted by Gasteiger charge is -2.14. The molecule has 0 spiro atoms. The molecule has 1 atom stereocenters. The van der Waals surface area contributed by atoms with E-state index in [1.54, 1.807) is 24.7 Å². The van der Waals surface area contributed by atoms with Gasteiger partial charge in [-0.05, 0) is 47.3 Å². The second-order valence-corrected chi connectivity index (χ2v) is 11.9. The zero-order chi connectivity index (χ0) is 25.0. The fourth-order valence-electron chi connectivity index (χ4n) is 3.68. The van der Waals surface area contributed by atoms with Crippen LogP contribution < -0.4 is 9.81 Å². The number of anilines is 1. The molecule has 0 radical (unpaired) electrons. The van der Waals surface area contributed by atoms with Crippen LogP contribution in [-0.4, -0.2) is 24.8 Å². The van der Waals surface area contributed by atoms with Gasteiger partial charge in [-0.15, -0.1) is 0 Å². The second-order valence-electron chi connectivity index (χ2n) is 7.78. The quantitative estimate of drug-likeness (QED) is 0.109. The molecule has 3 aromatic heterocycles. The third-order valence-electron chi connectivity index (χ3n) is 5.22.